The van der Waals surface area contributed by atoms with E-state index in [1.165, 1.54) is 0 Å². The molecule has 0 aliphatic rings. The molecule has 15 heavy (non-hydrogen) atoms. The maximum Gasteiger partial charge on any atom is 0.164 e. The summed E-state index contributed by atoms with van der Waals surface area (Å²) < 4.78 is 1.56. The number of halogens is 1. The van der Waals surface area contributed by atoms with Gasteiger partial charge >= 0.3 is 0 Å². The molecule has 0 amide bonds. The Morgan fingerprint density at radius 1 is 1.73 bits per heavy atom. The number of aliphatic hydroxyl groups excluding tert-OH is 1. The van der Waals surface area contributed by atoms with E-state index in [4.69, 9.17) is 17.3 Å². The van der Waals surface area contributed by atoms with Crippen LogP contribution in [0.3, 0.4) is 0 Å². The number of nitrogens with two attached hydrogens (primary N) is 1. The molecule has 1 aromatic heterocycles. The Kier molecular flexibility index (Phi) is 4.38. The molecule has 5 nitrogen and oxygen atoms in total. The molecule has 0 radical (unpaired) electrons. The quantitative estimate of drug-likeness (QED) is 0.773. The summed E-state index contributed by atoms with van der Waals surface area (Å²) in [6, 6.07) is 0. The zero-order valence-electron chi connectivity index (χ0n) is 9.02. The van der Waals surface area contributed by atoms with Crippen LogP contribution in [0.5, 0.6) is 0 Å². The minimum atomic E-state index is -0.467. The van der Waals surface area contributed by atoms with Crippen molar-refractivity contribution < 1.29 is 5.11 Å². The molecule has 0 bridgehead atoms. The van der Waals surface area contributed by atoms with Crippen molar-refractivity contribution in [3.8, 4) is 0 Å². The predicted octanol–water partition coefficient (Wildman–Crippen LogP) is 0.431. The van der Waals surface area contributed by atoms with Crippen molar-refractivity contribution in [2.75, 3.05) is 25.9 Å². The van der Waals surface area contributed by atoms with E-state index in [-0.39, 0.29) is 0 Å². The van der Waals surface area contributed by atoms with Crippen molar-refractivity contribution in [2.24, 2.45) is 0 Å². The van der Waals surface area contributed by atoms with Crippen molar-refractivity contribution in [2.45, 2.75) is 19.6 Å². The van der Waals surface area contributed by atoms with Gasteiger partial charge in [-0.15, -0.1) is 0 Å². The smallest absolute Gasteiger partial charge is 0.164 e. The summed E-state index contributed by atoms with van der Waals surface area (Å²) in [5, 5.41) is 14.1. The summed E-state index contributed by atoms with van der Waals surface area (Å²) in [6.07, 6.45) is 1.15. The number of aromatic nitrogens is 2. The Morgan fingerprint density at radius 2 is 2.40 bits per heavy atom. The topological polar surface area (TPSA) is 67.3 Å². The van der Waals surface area contributed by atoms with Gasteiger partial charge in [0.2, 0.25) is 0 Å². The van der Waals surface area contributed by atoms with E-state index in [1.807, 2.05) is 18.9 Å². The first-order valence-electron chi connectivity index (χ1n) is 4.88. The number of rotatable bonds is 5. The maximum absolute atomic E-state index is 9.72. The molecule has 1 atom stereocenters. The monoisotopic (exact) mass is 232 g/mol. The first-order valence-corrected chi connectivity index (χ1v) is 5.25. The SMILES string of the molecule is CCN(C)CC(O)Cn1cc(Cl)c(N)n1. The summed E-state index contributed by atoms with van der Waals surface area (Å²) in [5.41, 5.74) is 5.49. The van der Waals surface area contributed by atoms with Crippen LogP contribution in [0.15, 0.2) is 6.20 Å². The van der Waals surface area contributed by atoms with E-state index < -0.39 is 6.10 Å². The van der Waals surface area contributed by atoms with Gasteiger partial charge in [-0.2, -0.15) is 5.10 Å². The van der Waals surface area contributed by atoms with Gasteiger partial charge in [-0.25, -0.2) is 0 Å². The largest absolute Gasteiger partial charge is 0.390 e. The van der Waals surface area contributed by atoms with E-state index in [9.17, 15) is 5.11 Å². The lowest BCUT2D eigenvalue weighted by Gasteiger charge is -2.18. The fourth-order valence-corrected chi connectivity index (χ4v) is 1.42. The van der Waals surface area contributed by atoms with Gasteiger partial charge in [-0.05, 0) is 13.6 Å². The second-order valence-corrected chi connectivity index (χ2v) is 4.00. The third-order valence-corrected chi connectivity index (χ3v) is 2.49. The van der Waals surface area contributed by atoms with Gasteiger partial charge in [0, 0.05) is 12.7 Å². The Hall–Kier alpha value is -0.780. The van der Waals surface area contributed by atoms with Gasteiger partial charge in [0.05, 0.1) is 12.6 Å². The van der Waals surface area contributed by atoms with Crippen molar-refractivity contribution in [1.82, 2.24) is 14.7 Å². The third kappa shape index (κ3) is 3.70. The lowest BCUT2D eigenvalue weighted by atomic mass is 10.3. The molecule has 0 spiro atoms. The number of hydrogen-bond donors (Lipinski definition) is 2. The molecule has 0 saturated heterocycles. The first kappa shape index (κ1) is 12.3. The highest BCUT2D eigenvalue weighted by Crippen LogP contribution is 2.15. The molecule has 3 N–H and O–H groups in total. The molecule has 6 heteroatoms. The minimum absolute atomic E-state index is 0.299. The molecule has 1 unspecified atom stereocenters. The van der Waals surface area contributed by atoms with Crippen LogP contribution in [-0.2, 0) is 6.54 Å². The van der Waals surface area contributed by atoms with Crippen LogP contribution in [0.1, 0.15) is 6.92 Å². The van der Waals surface area contributed by atoms with E-state index >= 15 is 0 Å². The fourth-order valence-electron chi connectivity index (χ4n) is 1.27. The number of aliphatic hydroxyl groups is 1. The van der Waals surface area contributed by atoms with Crippen molar-refractivity contribution in [1.29, 1.82) is 0 Å². The predicted molar refractivity (Wildman–Crippen MR) is 60.8 cm³/mol. The fraction of sp³-hybridized carbons (Fsp3) is 0.667. The van der Waals surface area contributed by atoms with Gasteiger partial charge in [-0.1, -0.05) is 18.5 Å². The van der Waals surface area contributed by atoms with Gasteiger partial charge in [0.25, 0.3) is 0 Å². The Morgan fingerprint density at radius 3 is 2.87 bits per heavy atom. The first-order chi connectivity index (χ1) is 7.02. The molecular formula is C9H17ClN4O. The summed E-state index contributed by atoms with van der Waals surface area (Å²) in [4.78, 5) is 2.03. The van der Waals surface area contributed by atoms with Crippen LogP contribution in [0.4, 0.5) is 5.82 Å². The van der Waals surface area contributed by atoms with Crippen LogP contribution < -0.4 is 5.73 Å². The second kappa shape index (κ2) is 5.34. The number of anilines is 1. The van der Waals surface area contributed by atoms with Crippen LogP contribution in [0, 0.1) is 0 Å². The standard InChI is InChI=1S/C9H17ClN4O/c1-3-13(2)4-7(15)5-14-6-8(10)9(11)12-14/h6-7,15H,3-5H2,1-2H3,(H2,11,12). The number of nitrogen functional groups attached to an aromatic ring is 1. The molecule has 0 fully saturated rings. The van der Waals surface area contributed by atoms with Crippen LogP contribution in [0.2, 0.25) is 5.02 Å². The van der Waals surface area contributed by atoms with Crippen LogP contribution in [-0.4, -0.2) is 46.0 Å². The zero-order chi connectivity index (χ0) is 11.4. The third-order valence-electron chi connectivity index (χ3n) is 2.20. The lowest BCUT2D eigenvalue weighted by Crippen LogP contribution is -2.32. The van der Waals surface area contributed by atoms with E-state index in [1.54, 1.807) is 10.9 Å². The summed E-state index contributed by atoms with van der Waals surface area (Å²) in [6.45, 7) is 3.95. The van der Waals surface area contributed by atoms with Crippen molar-refractivity contribution >= 4 is 17.4 Å². The van der Waals surface area contributed by atoms with Gasteiger partial charge in [0.1, 0.15) is 5.02 Å². The second-order valence-electron chi connectivity index (χ2n) is 3.59. The maximum atomic E-state index is 9.72. The number of nitrogens with zero attached hydrogens (tertiary/aromatic N) is 3. The molecule has 0 aliphatic heterocycles. The molecule has 0 aliphatic carbocycles. The highest BCUT2D eigenvalue weighted by molar-refractivity contribution is 6.32. The van der Waals surface area contributed by atoms with E-state index in [2.05, 4.69) is 5.10 Å². The van der Waals surface area contributed by atoms with Gasteiger partial charge < -0.3 is 15.7 Å². The van der Waals surface area contributed by atoms with Gasteiger partial charge in [0.15, 0.2) is 5.82 Å². The number of hydrogen-bond acceptors (Lipinski definition) is 4. The Bertz CT molecular complexity index is 296. The van der Waals surface area contributed by atoms with Gasteiger partial charge in [-0.3, -0.25) is 4.68 Å². The Labute approximate surface area is 94.4 Å². The highest BCUT2D eigenvalue weighted by Gasteiger charge is 2.10. The zero-order valence-corrected chi connectivity index (χ0v) is 9.78. The number of likely N-dealkylation sites (N-methyl/N-ethyl adjacent to an activating group) is 1. The molecule has 1 heterocycles. The van der Waals surface area contributed by atoms with E-state index in [0.29, 0.717) is 23.9 Å². The van der Waals surface area contributed by atoms with Crippen LogP contribution >= 0.6 is 11.6 Å². The molecule has 0 aromatic carbocycles. The summed E-state index contributed by atoms with van der Waals surface area (Å²) >= 11 is 5.75. The summed E-state index contributed by atoms with van der Waals surface area (Å²) in [5.74, 6) is 0.299. The molecular weight excluding hydrogens is 216 g/mol. The molecule has 86 valence electrons. The normalized spacial score (nSPS) is 13.4. The minimum Gasteiger partial charge on any atom is -0.390 e. The van der Waals surface area contributed by atoms with Crippen molar-refractivity contribution in [3.05, 3.63) is 11.2 Å². The van der Waals surface area contributed by atoms with Crippen molar-refractivity contribution in [3.63, 3.8) is 0 Å². The molecule has 1 aromatic rings. The Balaban J connectivity index is 2.47. The summed E-state index contributed by atoms with van der Waals surface area (Å²) in [7, 11) is 1.95. The average molecular weight is 233 g/mol. The average Bonchev–Trinajstić information content (AvgIpc) is 2.45. The molecule has 1 rings (SSSR count). The molecule has 0 saturated carbocycles. The van der Waals surface area contributed by atoms with E-state index in [0.717, 1.165) is 6.54 Å². The lowest BCUT2D eigenvalue weighted by molar-refractivity contribution is 0.108. The van der Waals surface area contributed by atoms with Crippen LogP contribution in [0.25, 0.3) is 0 Å². The highest BCUT2D eigenvalue weighted by atomic mass is 35.5.